The molecule has 5 rings (SSSR count). The summed E-state index contributed by atoms with van der Waals surface area (Å²) in [5.41, 5.74) is 1.02. The van der Waals surface area contributed by atoms with Crippen LogP contribution >= 0.6 is 0 Å². The van der Waals surface area contributed by atoms with Gasteiger partial charge < -0.3 is 9.88 Å². The molecule has 3 aliphatic carbocycles. The quantitative estimate of drug-likeness (QED) is 0.759. The second kappa shape index (κ2) is 6.44. The van der Waals surface area contributed by atoms with Crippen molar-refractivity contribution in [2.75, 3.05) is 0 Å². The number of imidazole rings is 1. The van der Waals surface area contributed by atoms with Gasteiger partial charge in [-0.2, -0.15) is 0 Å². The van der Waals surface area contributed by atoms with Gasteiger partial charge in [-0.15, -0.1) is 0 Å². The van der Waals surface area contributed by atoms with Gasteiger partial charge in [0.25, 0.3) is 0 Å². The molecule has 0 radical (unpaired) electrons. The first-order valence-corrected chi connectivity index (χ1v) is 10.2. The molecule has 1 N–H and O–H groups in total. The molecule has 0 bridgehead atoms. The van der Waals surface area contributed by atoms with Crippen molar-refractivity contribution in [3.63, 3.8) is 0 Å². The fraction of sp³-hybridized carbons (Fsp3) is 0.619. The summed E-state index contributed by atoms with van der Waals surface area (Å²) in [5.74, 6) is -3.74. The minimum atomic E-state index is -2.67. The largest absolute Gasteiger partial charge is 0.353 e. The van der Waals surface area contributed by atoms with Gasteiger partial charge >= 0.3 is 0 Å². The minimum absolute atomic E-state index is 0.130. The van der Waals surface area contributed by atoms with Crippen LogP contribution in [-0.2, 0) is 4.79 Å². The molecule has 29 heavy (non-hydrogen) atoms. The molecule has 3 saturated carbocycles. The third-order valence-corrected chi connectivity index (χ3v) is 7.24. The predicted octanol–water partition coefficient (Wildman–Crippen LogP) is 4.45. The van der Waals surface area contributed by atoms with E-state index in [1.54, 1.807) is 6.33 Å². The second-order valence-corrected chi connectivity index (χ2v) is 9.03. The normalized spacial score (nSPS) is 33.6. The summed E-state index contributed by atoms with van der Waals surface area (Å²) in [4.78, 5) is 16.7. The minimum Gasteiger partial charge on any atom is -0.353 e. The fourth-order valence-electron chi connectivity index (χ4n) is 5.73. The highest BCUT2D eigenvalue weighted by atomic mass is 19.3. The van der Waals surface area contributed by atoms with Gasteiger partial charge in [0.15, 0.2) is 11.6 Å². The summed E-state index contributed by atoms with van der Waals surface area (Å²) < 4.78 is 55.6. The van der Waals surface area contributed by atoms with Gasteiger partial charge in [-0.25, -0.2) is 22.5 Å². The van der Waals surface area contributed by atoms with Gasteiger partial charge in [-0.05, 0) is 37.0 Å². The molecule has 156 valence electrons. The smallest absolute Gasteiger partial charge is 0.250 e. The molecule has 1 amide bonds. The van der Waals surface area contributed by atoms with Crippen LogP contribution in [0.3, 0.4) is 0 Å². The van der Waals surface area contributed by atoms with E-state index in [-0.39, 0.29) is 36.6 Å². The predicted molar refractivity (Wildman–Crippen MR) is 98.3 cm³/mol. The molecule has 1 heterocycles. The summed E-state index contributed by atoms with van der Waals surface area (Å²) in [6.45, 7) is 1.88. The Morgan fingerprint density at radius 3 is 2.59 bits per heavy atom. The van der Waals surface area contributed by atoms with Crippen LogP contribution in [0.15, 0.2) is 18.5 Å². The zero-order valence-corrected chi connectivity index (χ0v) is 16.0. The van der Waals surface area contributed by atoms with Gasteiger partial charge in [-0.3, -0.25) is 4.79 Å². The topological polar surface area (TPSA) is 46.9 Å². The zero-order valence-electron chi connectivity index (χ0n) is 16.0. The van der Waals surface area contributed by atoms with Crippen LogP contribution in [0.4, 0.5) is 17.6 Å². The lowest BCUT2D eigenvalue weighted by Gasteiger charge is -2.21. The van der Waals surface area contributed by atoms with Crippen molar-refractivity contribution in [2.24, 2.45) is 23.7 Å². The summed E-state index contributed by atoms with van der Waals surface area (Å²) >= 11 is 0. The number of aromatic nitrogens is 2. The van der Waals surface area contributed by atoms with E-state index in [4.69, 9.17) is 0 Å². The van der Waals surface area contributed by atoms with Crippen LogP contribution < -0.4 is 5.32 Å². The standard InChI is InChI=1S/C21H23F4N3O/c1-10(20(29)27-11-2-3-21(24,25)8-11)19-13-4-12(5-14(13)19)28-9-26-17-6-15(22)16(23)7-18(17)28/h6-7,9-14,19H,2-5,8H2,1H3,(H,27,29)/t10?,11?,12?,13-,14+,19?. The van der Waals surface area contributed by atoms with Crippen molar-refractivity contribution in [3.05, 3.63) is 30.1 Å². The molecular formula is C21H23F4N3O. The average Bonchev–Trinajstić information content (AvgIpc) is 2.99. The molecule has 0 spiro atoms. The van der Waals surface area contributed by atoms with Crippen LogP contribution in [0.25, 0.3) is 11.0 Å². The van der Waals surface area contributed by atoms with Gasteiger partial charge in [-0.1, -0.05) is 6.92 Å². The van der Waals surface area contributed by atoms with Crippen molar-refractivity contribution >= 4 is 16.9 Å². The van der Waals surface area contributed by atoms with E-state index < -0.39 is 23.6 Å². The molecule has 2 aromatic rings. The molecule has 1 aromatic heterocycles. The van der Waals surface area contributed by atoms with Crippen LogP contribution in [0.5, 0.6) is 0 Å². The Balaban J connectivity index is 1.21. The monoisotopic (exact) mass is 409 g/mol. The first-order valence-electron chi connectivity index (χ1n) is 10.2. The lowest BCUT2D eigenvalue weighted by molar-refractivity contribution is -0.126. The summed E-state index contributed by atoms with van der Waals surface area (Å²) in [7, 11) is 0. The number of nitrogens with one attached hydrogen (secondary N) is 1. The van der Waals surface area contributed by atoms with Crippen LogP contribution in [0.1, 0.15) is 45.1 Å². The number of hydrogen-bond donors (Lipinski definition) is 1. The molecular weight excluding hydrogens is 386 g/mol. The number of hydrogen-bond acceptors (Lipinski definition) is 2. The van der Waals surface area contributed by atoms with Gasteiger partial charge in [0.05, 0.1) is 17.4 Å². The van der Waals surface area contributed by atoms with Crippen molar-refractivity contribution in [3.8, 4) is 0 Å². The van der Waals surface area contributed by atoms with E-state index in [0.29, 0.717) is 29.3 Å². The number of fused-ring (bicyclic) bond motifs is 2. The Kier molecular flexibility index (Phi) is 4.19. The van der Waals surface area contributed by atoms with E-state index in [2.05, 4.69) is 10.3 Å². The first kappa shape index (κ1) is 18.9. The van der Waals surface area contributed by atoms with Crippen molar-refractivity contribution in [2.45, 2.75) is 57.0 Å². The van der Waals surface area contributed by atoms with Gasteiger partial charge in [0.1, 0.15) is 0 Å². The molecule has 8 heteroatoms. The fourth-order valence-corrected chi connectivity index (χ4v) is 5.73. The Bertz CT molecular complexity index is 962. The van der Waals surface area contributed by atoms with Gasteiger partial charge in [0.2, 0.25) is 11.8 Å². The number of rotatable bonds is 4. The molecule has 4 nitrogen and oxygen atoms in total. The summed E-state index contributed by atoms with van der Waals surface area (Å²) in [6.07, 6.45) is 3.25. The number of alkyl halides is 2. The Labute approximate surface area is 165 Å². The Morgan fingerprint density at radius 2 is 1.93 bits per heavy atom. The molecule has 4 unspecified atom stereocenters. The number of nitrogens with zero attached hydrogens (tertiary/aromatic N) is 2. The molecule has 1 aromatic carbocycles. The zero-order chi connectivity index (χ0) is 20.5. The molecule has 0 aliphatic heterocycles. The molecule has 3 fully saturated rings. The summed E-state index contributed by atoms with van der Waals surface area (Å²) in [5, 5.41) is 2.81. The molecule has 6 atom stereocenters. The Morgan fingerprint density at radius 1 is 1.24 bits per heavy atom. The van der Waals surface area contributed by atoms with E-state index in [0.717, 1.165) is 18.9 Å². The number of halogens is 4. The number of amides is 1. The highest BCUT2D eigenvalue weighted by Gasteiger charge is 2.59. The van der Waals surface area contributed by atoms with Crippen LogP contribution in [-0.4, -0.2) is 27.4 Å². The molecule has 0 saturated heterocycles. The third kappa shape index (κ3) is 3.20. The second-order valence-electron chi connectivity index (χ2n) is 9.03. The first-order chi connectivity index (χ1) is 13.7. The third-order valence-electron chi connectivity index (χ3n) is 7.24. The molecule has 3 aliphatic rings. The lowest BCUT2D eigenvalue weighted by Crippen LogP contribution is -2.38. The van der Waals surface area contributed by atoms with E-state index in [9.17, 15) is 22.4 Å². The highest BCUT2D eigenvalue weighted by Crippen LogP contribution is 2.64. The number of benzene rings is 1. The van der Waals surface area contributed by atoms with Crippen LogP contribution in [0, 0.1) is 35.3 Å². The van der Waals surface area contributed by atoms with Crippen molar-refractivity contribution < 1.29 is 22.4 Å². The van der Waals surface area contributed by atoms with E-state index in [1.165, 1.54) is 6.07 Å². The summed E-state index contributed by atoms with van der Waals surface area (Å²) in [6, 6.07) is 2.02. The SMILES string of the molecule is CC(C(=O)NC1CCC(F)(F)C1)C1[C@H]2CC(n3cnc4cc(F)c(F)cc43)C[C@@H]12. The van der Waals surface area contributed by atoms with E-state index in [1.807, 2.05) is 11.5 Å². The average molecular weight is 409 g/mol. The Hall–Kier alpha value is -2.12. The lowest BCUT2D eigenvalue weighted by atomic mass is 9.95. The van der Waals surface area contributed by atoms with E-state index >= 15 is 0 Å². The van der Waals surface area contributed by atoms with Gasteiger partial charge in [0, 0.05) is 43.0 Å². The van der Waals surface area contributed by atoms with Crippen molar-refractivity contribution in [1.29, 1.82) is 0 Å². The maximum Gasteiger partial charge on any atom is 0.250 e. The number of carbonyl (C=O) groups excluding carboxylic acids is 1. The maximum atomic E-state index is 13.6. The highest BCUT2D eigenvalue weighted by molar-refractivity contribution is 5.79. The number of carbonyl (C=O) groups is 1. The van der Waals surface area contributed by atoms with Crippen LogP contribution in [0.2, 0.25) is 0 Å². The van der Waals surface area contributed by atoms with Crippen molar-refractivity contribution in [1.82, 2.24) is 14.9 Å². The maximum absolute atomic E-state index is 13.6.